The molecule has 1 unspecified atom stereocenters. The van der Waals surface area contributed by atoms with Crippen molar-refractivity contribution in [1.29, 1.82) is 0 Å². The van der Waals surface area contributed by atoms with Gasteiger partial charge in [0, 0.05) is 5.56 Å². The Bertz CT molecular complexity index is 337. The van der Waals surface area contributed by atoms with Gasteiger partial charge >= 0.3 is 0 Å². The van der Waals surface area contributed by atoms with E-state index in [0.29, 0.717) is 5.92 Å². The molecule has 0 saturated carbocycles. The van der Waals surface area contributed by atoms with Crippen LogP contribution in [0.4, 0.5) is 0 Å². The third-order valence-electron chi connectivity index (χ3n) is 3.89. The third-order valence-corrected chi connectivity index (χ3v) is 3.89. The Morgan fingerprint density at radius 2 is 1.67 bits per heavy atom. The number of benzene rings is 1. The number of nitrogens with zero attached hydrogens (tertiary/aromatic N) is 1. The molecule has 0 aliphatic heterocycles. The summed E-state index contributed by atoms with van der Waals surface area (Å²) < 4.78 is 1.09. The molecule has 1 aromatic rings. The van der Waals surface area contributed by atoms with Gasteiger partial charge in [-0.25, -0.2) is 0 Å². The van der Waals surface area contributed by atoms with Crippen LogP contribution in [-0.4, -0.2) is 25.1 Å². The summed E-state index contributed by atoms with van der Waals surface area (Å²) in [5.41, 5.74) is 2.93. The van der Waals surface area contributed by atoms with Gasteiger partial charge in [-0.2, -0.15) is 0 Å². The minimum absolute atomic E-state index is 0.682. The highest BCUT2D eigenvalue weighted by molar-refractivity contribution is 5.24. The fourth-order valence-corrected chi connectivity index (χ4v) is 2.35. The lowest BCUT2D eigenvalue weighted by Crippen LogP contribution is -2.39. The molecule has 0 amide bonds. The van der Waals surface area contributed by atoms with Gasteiger partial charge in [-0.3, -0.25) is 0 Å². The number of hydrogen-bond acceptors (Lipinski definition) is 0. The highest BCUT2D eigenvalue weighted by Gasteiger charge is 2.15. The van der Waals surface area contributed by atoms with Gasteiger partial charge in [0.25, 0.3) is 0 Å². The van der Waals surface area contributed by atoms with Crippen LogP contribution in [-0.2, 0) is 6.54 Å². The molecular formula is C17H30N+. The summed E-state index contributed by atoms with van der Waals surface area (Å²) in [6.07, 6.45) is 3.82. The summed E-state index contributed by atoms with van der Waals surface area (Å²) in [5, 5.41) is 0. The minimum atomic E-state index is 0.682. The Hall–Kier alpha value is -0.820. The van der Waals surface area contributed by atoms with E-state index in [-0.39, 0.29) is 0 Å². The van der Waals surface area contributed by atoms with E-state index in [0.717, 1.165) is 11.0 Å². The SMILES string of the molecule is CCCC[N+](C)(C)Cc1ccc(C(C)CC)cc1. The molecule has 0 saturated heterocycles. The maximum Gasteiger partial charge on any atom is 0.104 e. The van der Waals surface area contributed by atoms with Crippen molar-refractivity contribution >= 4 is 0 Å². The van der Waals surface area contributed by atoms with Crippen molar-refractivity contribution in [3.63, 3.8) is 0 Å². The Kier molecular flexibility index (Phi) is 5.87. The minimum Gasteiger partial charge on any atom is -0.325 e. The van der Waals surface area contributed by atoms with E-state index in [2.05, 4.69) is 59.1 Å². The van der Waals surface area contributed by atoms with Crippen molar-refractivity contribution in [3.8, 4) is 0 Å². The number of unbranched alkanes of at least 4 members (excludes halogenated alkanes) is 1. The lowest BCUT2D eigenvalue weighted by Gasteiger charge is -2.30. The zero-order valence-electron chi connectivity index (χ0n) is 12.9. The van der Waals surface area contributed by atoms with Crippen molar-refractivity contribution in [2.75, 3.05) is 20.6 Å². The molecule has 102 valence electrons. The summed E-state index contributed by atoms with van der Waals surface area (Å²) in [5.74, 6) is 0.682. The molecule has 1 atom stereocenters. The van der Waals surface area contributed by atoms with E-state index < -0.39 is 0 Å². The van der Waals surface area contributed by atoms with E-state index in [1.807, 2.05) is 0 Å². The van der Waals surface area contributed by atoms with E-state index in [1.54, 1.807) is 0 Å². The highest BCUT2D eigenvalue weighted by Crippen LogP contribution is 2.20. The van der Waals surface area contributed by atoms with E-state index in [4.69, 9.17) is 0 Å². The first-order valence-corrected chi connectivity index (χ1v) is 7.39. The van der Waals surface area contributed by atoms with E-state index >= 15 is 0 Å². The first-order chi connectivity index (χ1) is 8.48. The van der Waals surface area contributed by atoms with Crippen molar-refractivity contribution in [2.45, 2.75) is 52.5 Å². The largest absolute Gasteiger partial charge is 0.325 e. The predicted octanol–water partition coefficient (Wildman–Crippen LogP) is 4.58. The molecule has 18 heavy (non-hydrogen) atoms. The van der Waals surface area contributed by atoms with Gasteiger partial charge in [-0.1, -0.05) is 51.5 Å². The van der Waals surface area contributed by atoms with Gasteiger partial charge in [-0.15, -0.1) is 0 Å². The van der Waals surface area contributed by atoms with Crippen LogP contribution in [0.1, 0.15) is 57.1 Å². The Balaban J connectivity index is 2.63. The van der Waals surface area contributed by atoms with Crippen LogP contribution in [0.15, 0.2) is 24.3 Å². The molecular weight excluding hydrogens is 218 g/mol. The van der Waals surface area contributed by atoms with E-state index in [1.165, 1.54) is 36.9 Å². The molecule has 1 rings (SSSR count). The molecule has 0 radical (unpaired) electrons. The molecule has 1 aromatic carbocycles. The lowest BCUT2D eigenvalue weighted by atomic mass is 9.97. The average Bonchev–Trinajstić information content (AvgIpc) is 2.36. The Labute approximate surface area is 113 Å². The normalized spacial score (nSPS) is 13.6. The molecule has 0 N–H and O–H groups in total. The quantitative estimate of drug-likeness (QED) is 0.620. The summed E-state index contributed by atoms with van der Waals surface area (Å²) >= 11 is 0. The molecule has 0 aliphatic rings. The summed E-state index contributed by atoms with van der Waals surface area (Å²) in [6, 6.07) is 9.24. The van der Waals surface area contributed by atoms with Crippen LogP contribution in [0, 0.1) is 0 Å². The van der Waals surface area contributed by atoms with Crippen LogP contribution in [0.2, 0.25) is 0 Å². The highest BCUT2D eigenvalue weighted by atomic mass is 15.3. The Morgan fingerprint density at radius 1 is 1.06 bits per heavy atom. The topological polar surface area (TPSA) is 0 Å². The zero-order valence-corrected chi connectivity index (χ0v) is 12.9. The van der Waals surface area contributed by atoms with Gasteiger partial charge in [-0.05, 0) is 24.3 Å². The number of quaternary nitrogens is 1. The van der Waals surface area contributed by atoms with E-state index in [9.17, 15) is 0 Å². The molecule has 0 aliphatic carbocycles. The zero-order chi connectivity index (χ0) is 13.6. The fourth-order valence-electron chi connectivity index (χ4n) is 2.35. The second-order valence-electron chi connectivity index (χ2n) is 6.22. The maximum atomic E-state index is 2.33. The smallest absolute Gasteiger partial charge is 0.104 e. The monoisotopic (exact) mass is 248 g/mol. The maximum absolute atomic E-state index is 2.33. The summed E-state index contributed by atoms with van der Waals surface area (Å²) in [7, 11) is 4.66. The van der Waals surface area contributed by atoms with Gasteiger partial charge in [0.05, 0.1) is 20.6 Å². The number of rotatable bonds is 7. The van der Waals surface area contributed by atoms with Crippen molar-refractivity contribution in [2.24, 2.45) is 0 Å². The second-order valence-corrected chi connectivity index (χ2v) is 6.22. The molecule has 1 heteroatoms. The van der Waals surface area contributed by atoms with Crippen LogP contribution < -0.4 is 0 Å². The standard InChI is InChI=1S/C17H30N/c1-6-8-13-18(4,5)14-16-9-11-17(12-10-16)15(3)7-2/h9-12,15H,6-8,13-14H2,1-5H3/q+1. The van der Waals surface area contributed by atoms with Gasteiger partial charge in [0.15, 0.2) is 0 Å². The van der Waals surface area contributed by atoms with Crippen LogP contribution in [0.3, 0.4) is 0 Å². The fraction of sp³-hybridized carbons (Fsp3) is 0.647. The summed E-state index contributed by atoms with van der Waals surface area (Å²) in [4.78, 5) is 0. The first-order valence-electron chi connectivity index (χ1n) is 7.39. The van der Waals surface area contributed by atoms with Gasteiger partial charge in [0.1, 0.15) is 6.54 Å². The molecule has 0 spiro atoms. The van der Waals surface area contributed by atoms with Crippen LogP contribution in [0.25, 0.3) is 0 Å². The molecule has 0 heterocycles. The molecule has 1 nitrogen and oxygen atoms in total. The molecule has 0 bridgehead atoms. The second kappa shape index (κ2) is 6.94. The van der Waals surface area contributed by atoms with Crippen LogP contribution >= 0.6 is 0 Å². The predicted molar refractivity (Wildman–Crippen MR) is 80.7 cm³/mol. The third kappa shape index (κ3) is 4.81. The van der Waals surface area contributed by atoms with Crippen molar-refractivity contribution < 1.29 is 4.48 Å². The average molecular weight is 248 g/mol. The van der Waals surface area contributed by atoms with Crippen molar-refractivity contribution in [1.82, 2.24) is 0 Å². The van der Waals surface area contributed by atoms with Gasteiger partial charge < -0.3 is 4.48 Å². The van der Waals surface area contributed by atoms with Gasteiger partial charge in [0.2, 0.25) is 0 Å². The Morgan fingerprint density at radius 3 is 2.17 bits per heavy atom. The summed E-state index contributed by atoms with van der Waals surface area (Å²) in [6.45, 7) is 9.23. The van der Waals surface area contributed by atoms with Crippen molar-refractivity contribution in [3.05, 3.63) is 35.4 Å². The molecule has 0 aromatic heterocycles. The number of hydrogen-bond donors (Lipinski definition) is 0. The lowest BCUT2D eigenvalue weighted by molar-refractivity contribution is -0.903. The van der Waals surface area contributed by atoms with Crippen LogP contribution in [0.5, 0.6) is 0 Å². The molecule has 0 fully saturated rings. The first kappa shape index (κ1) is 15.2.